The van der Waals surface area contributed by atoms with Crippen molar-refractivity contribution in [2.75, 3.05) is 6.54 Å². The largest absolute Gasteiger partial charge is 0.343 e. The lowest BCUT2D eigenvalue weighted by atomic mass is 9.95. The molecule has 2 heterocycles. The van der Waals surface area contributed by atoms with Crippen LogP contribution in [-0.4, -0.2) is 22.6 Å². The zero-order valence-corrected chi connectivity index (χ0v) is 11.3. The van der Waals surface area contributed by atoms with E-state index in [1.54, 1.807) is 6.92 Å². The van der Waals surface area contributed by atoms with E-state index in [-0.39, 0.29) is 12.5 Å². The van der Waals surface area contributed by atoms with E-state index in [2.05, 4.69) is 26.8 Å². The third-order valence-electron chi connectivity index (χ3n) is 3.35. The Bertz CT molecular complexity index is 636. The second kappa shape index (κ2) is 5.42. The summed E-state index contributed by atoms with van der Waals surface area (Å²) in [5.74, 6) is 0.888. The van der Waals surface area contributed by atoms with Gasteiger partial charge in [-0.2, -0.15) is 4.98 Å². The lowest BCUT2D eigenvalue weighted by Crippen LogP contribution is -2.29. The van der Waals surface area contributed by atoms with Crippen molar-refractivity contribution in [2.24, 2.45) is 0 Å². The zero-order valence-electron chi connectivity index (χ0n) is 11.3. The van der Waals surface area contributed by atoms with Crippen molar-refractivity contribution in [2.45, 2.75) is 26.4 Å². The van der Waals surface area contributed by atoms with Crippen LogP contribution in [0, 0.1) is 6.92 Å². The molecule has 0 unspecified atom stereocenters. The van der Waals surface area contributed by atoms with Crippen LogP contribution in [0.2, 0.25) is 0 Å². The van der Waals surface area contributed by atoms with E-state index >= 15 is 0 Å². The van der Waals surface area contributed by atoms with Crippen LogP contribution in [0.5, 0.6) is 0 Å². The minimum absolute atomic E-state index is 0.0976. The van der Waals surface area contributed by atoms with Gasteiger partial charge in [-0.3, -0.25) is 4.79 Å². The van der Waals surface area contributed by atoms with Gasteiger partial charge in [0, 0.05) is 12.1 Å². The Labute approximate surface area is 116 Å². The Morgan fingerprint density at radius 3 is 3.20 bits per heavy atom. The lowest BCUT2D eigenvalue weighted by molar-refractivity contribution is 0.0945. The summed E-state index contributed by atoms with van der Waals surface area (Å²) in [6.07, 6.45) is 0.874. The first-order chi connectivity index (χ1) is 9.74. The van der Waals surface area contributed by atoms with Crippen molar-refractivity contribution in [3.63, 3.8) is 0 Å². The molecule has 1 amide bonds. The van der Waals surface area contributed by atoms with E-state index in [4.69, 9.17) is 4.52 Å². The van der Waals surface area contributed by atoms with Gasteiger partial charge in [-0.25, -0.2) is 0 Å². The molecule has 3 rings (SSSR count). The molecule has 0 aliphatic carbocycles. The quantitative estimate of drug-likeness (QED) is 0.869. The number of hydrogen-bond donors (Lipinski definition) is 2. The molecule has 0 bridgehead atoms. The van der Waals surface area contributed by atoms with Gasteiger partial charge in [-0.1, -0.05) is 17.3 Å². The maximum Gasteiger partial charge on any atom is 0.252 e. The summed E-state index contributed by atoms with van der Waals surface area (Å²) in [4.78, 5) is 16.3. The van der Waals surface area contributed by atoms with Crippen LogP contribution in [-0.2, 0) is 19.5 Å². The Kier molecular flexibility index (Phi) is 3.47. The molecular formula is C14H16N4O2. The van der Waals surface area contributed by atoms with Gasteiger partial charge in [0.25, 0.3) is 5.91 Å². The number of carbonyl (C=O) groups excluding carboxylic acids is 1. The molecule has 0 atom stereocenters. The van der Waals surface area contributed by atoms with Gasteiger partial charge in [0.05, 0.1) is 6.54 Å². The van der Waals surface area contributed by atoms with Crippen molar-refractivity contribution >= 4 is 5.91 Å². The monoisotopic (exact) mass is 272 g/mol. The number of amides is 1. The maximum atomic E-state index is 12.3. The molecule has 2 N–H and O–H groups in total. The van der Waals surface area contributed by atoms with Gasteiger partial charge in [0.15, 0.2) is 5.82 Å². The molecular weight excluding hydrogens is 256 g/mol. The number of aromatic nitrogens is 2. The third kappa shape index (κ3) is 2.55. The predicted molar refractivity (Wildman–Crippen MR) is 72.1 cm³/mol. The van der Waals surface area contributed by atoms with Crippen LogP contribution in [0.3, 0.4) is 0 Å². The molecule has 1 aliphatic heterocycles. The van der Waals surface area contributed by atoms with Crippen LogP contribution in [0.4, 0.5) is 0 Å². The van der Waals surface area contributed by atoms with Gasteiger partial charge in [0.2, 0.25) is 5.89 Å². The molecule has 0 saturated heterocycles. The van der Waals surface area contributed by atoms with Crippen molar-refractivity contribution in [3.05, 3.63) is 46.6 Å². The van der Waals surface area contributed by atoms with Crippen LogP contribution in [0.25, 0.3) is 0 Å². The Hall–Kier alpha value is -2.21. The van der Waals surface area contributed by atoms with Crippen molar-refractivity contribution in [1.29, 1.82) is 0 Å². The number of fused-ring (bicyclic) bond motifs is 1. The van der Waals surface area contributed by atoms with Crippen molar-refractivity contribution < 1.29 is 9.32 Å². The first-order valence-electron chi connectivity index (χ1n) is 6.63. The van der Waals surface area contributed by atoms with E-state index in [0.717, 1.165) is 30.6 Å². The van der Waals surface area contributed by atoms with Crippen LogP contribution in [0.1, 0.15) is 33.2 Å². The standard InChI is InChI=1S/C14H16N4O2/c1-9-17-13(20-18-9)8-16-14(19)12-4-2-3-10-7-15-6-5-11(10)12/h2-4,15H,5-8H2,1H3,(H,16,19). The molecule has 0 saturated carbocycles. The first kappa shape index (κ1) is 12.8. The average Bonchev–Trinajstić information content (AvgIpc) is 2.90. The highest BCUT2D eigenvalue weighted by molar-refractivity contribution is 5.96. The number of nitrogens with zero attached hydrogens (tertiary/aromatic N) is 2. The average molecular weight is 272 g/mol. The molecule has 1 aromatic heterocycles. The Morgan fingerprint density at radius 1 is 1.50 bits per heavy atom. The molecule has 0 spiro atoms. The number of hydrogen-bond acceptors (Lipinski definition) is 5. The molecule has 6 nitrogen and oxygen atoms in total. The van der Waals surface area contributed by atoms with Crippen molar-refractivity contribution in [1.82, 2.24) is 20.8 Å². The smallest absolute Gasteiger partial charge is 0.252 e. The highest BCUT2D eigenvalue weighted by atomic mass is 16.5. The fraction of sp³-hybridized carbons (Fsp3) is 0.357. The first-order valence-corrected chi connectivity index (χ1v) is 6.63. The predicted octanol–water partition coefficient (Wildman–Crippen LogP) is 0.954. The molecule has 104 valence electrons. The summed E-state index contributed by atoms with van der Waals surface area (Å²) in [6, 6.07) is 5.83. The van der Waals surface area contributed by atoms with Gasteiger partial charge in [0.1, 0.15) is 0 Å². The van der Waals surface area contributed by atoms with Crippen LogP contribution < -0.4 is 10.6 Å². The maximum absolute atomic E-state index is 12.3. The third-order valence-corrected chi connectivity index (χ3v) is 3.35. The van der Waals surface area contributed by atoms with Gasteiger partial charge in [-0.15, -0.1) is 0 Å². The van der Waals surface area contributed by atoms with Crippen molar-refractivity contribution in [3.8, 4) is 0 Å². The fourth-order valence-electron chi connectivity index (χ4n) is 2.41. The van der Waals surface area contributed by atoms with E-state index in [9.17, 15) is 4.79 Å². The Morgan fingerprint density at radius 2 is 2.40 bits per heavy atom. The zero-order chi connectivity index (χ0) is 13.9. The number of carbonyl (C=O) groups is 1. The summed E-state index contributed by atoms with van der Waals surface area (Å²) in [6.45, 7) is 3.72. The number of benzene rings is 1. The summed E-state index contributed by atoms with van der Waals surface area (Å²) >= 11 is 0. The van der Waals surface area contributed by atoms with E-state index in [1.807, 2.05) is 12.1 Å². The van der Waals surface area contributed by atoms with E-state index < -0.39 is 0 Å². The molecule has 2 aromatic rings. The second-order valence-electron chi connectivity index (χ2n) is 4.79. The summed E-state index contributed by atoms with van der Waals surface area (Å²) in [5, 5.41) is 9.82. The second-order valence-corrected chi connectivity index (χ2v) is 4.79. The van der Waals surface area contributed by atoms with Gasteiger partial charge >= 0.3 is 0 Å². The van der Waals surface area contributed by atoms with Gasteiger partial charge in [-0.05, 0) is 37.1 Å². The fourth-order valence-corrected chi connectivity index (χ4v) is 2.41. The normalized spacial score (nSPS) is 13.8. The molecule has 1 aromatic carbocycles. The topological polar surface area (TPSA) is 80.0 Å². The molecule has 1 aliphatic rings. The minimum atomic E-state index is -0.0976. The number of rotatable bonds is 3. The highest BCUT2D eigenvalue weighted by Gasteiger charge is 2.17. The Balaban J connectivity index is 1.74. The summed E-state index contributed by atoms with van der Waals surface area (Å²) in [7, 11) is 0. The van der Waals surface area contributed by atoms with E-state index in [0.29, 0.717) is 11.7 Å². The number of nitrogens with one attached hydrogen (secondary N) is 2. The highest BCUT2D eigenvalue weighted by Crippen LogP contribution is 2.18. The molecule has 6 heteroatoms. The number of aryl methyl sites for hydroxylation is 1. The van der Waals surface area contributed by atoms with Crippen LogP contribution >= 0.6 is 0 Å². The van der Waals surface area contributed by atoms with E-state index in [1.165, 1.54) is 5.56 Å². The SMILES string of the molecule is Cc1noc(CNC(=O)c2cccc3c2CCNC3)n1. The summed E-state index contributed by atoms with van der Waals surface area (Å²) in [5.41, 5.74) is 3.06. The lowest BCUT2D eigenvalue weighted by Gasteiger charge is -2.19. The molecule has 0 radical (unpaired) electrons. The van der Waals surface area contributed by atoms with Crippen LogP contribution in [0.15, 0.2) is 22.7 Å². The molecule has 20 heavy (non-hydrogen) atoms. The molecule has 0 fully saturated rings. The summed E-state index contributed by atoms with van der Waals surface area (Å²) < 4.78 is 4.98. The van der Waals surface area contributed by atoms with Gasteiger partial charge < -0.3 is 15.2 Å². The minimum Gasteiger partial charge on any atom is -0.343 e.